The summed E-state index contributed by atoms with van der Waals surface area (Å²) >= 11 is 0. The van der Waals surface area contributed by atoms with Crippen molar-refractivity contribution in [2.75, 3.05) is 6.61 Å². The van der Waals surface area contributed by atoms with Crippen LogP contribution in [0, 0.1) is 0 Å². The number of hydrogen-bond acceptors (Lipinski definition) is 13. The lowest BCUT2D eigenvalue weighted by Gasteiger charge is -2.14. The van der Waals surface area contributed by atoms with Gasteiger partial charge in [-0.2, -0.15) is 4.98 Å². The first-order chi connectivity index (χ1) is 24.2. The number of carboxylic acid groups (broad SMARTS) is 1. The van der Waals surface area contributed by atoms with Gasteiger partial charge < -0.3 is 19.3 Å². The molecule has 0 saturated heterocycles. The predicted molar refractivity (Wildman–Crippen MR) is 174 cm³/mol. The van der Waals surface area contributed by atoms with Crippen molar-refractivity contribution in [1.29, 1.82) is 0 Å². The summed E-state index contributed by atoms with van der Waals surface area (Å²) in [7, 11) is 0. The van der Waals surface area contributed by atoms with E-state index in [4.69, 9.17) is 24.6 Å². The second-order valence-electron chi connectivity index (χ2n) is 10.8. The van der Waals surface area contributed by atoms with Gasteiger partial charge in [-0.1, -0.05) is 72.8 Å². The summed E-state index contributed by atoms with van der Waals surface area (Å²) in [5.41, 5.74) is 4.78. The lowest BCUT2D eigenvalue weighted by atomic mass is 9.98. The average molecular weight is 682 g/mol. The van der Waals surface area contributed by atoms with E-state index in [1.54, 1.807) is 47.9 Å². The number of rotatable bonds is 13. The first kappa shape index (κ1) is 33.7. The molecule has 0 aliphatic heterocycles. The number of ether oxygens (including phenoxy) is 3. The zero-order chi connectivity index (χ0) is 35.2. The Bertz CT molecular complexity index is 2130. The molecule has 6 rings (SSSR count). The van der Waals surface area contributed by atoms with Crippen LogP contribution in [0.25, 0.3) is 33.5 Å². The second kappa shape index (κ2) is 14.9. The molecule has 0 fully saturated rings. The molecular weight excluding hydrogens is 650 g/mol. The maximum absolute atomic E-state index is 12.6. The van der Waals surface area contributed by atoms with Crippen molar-refractivity contribution in [3.8, 4) is 34.3 Å². The summed E-state index contributed by atoms with van der Waals surface area (Å²) < 4.78 is 18.2. The van der Waals surface area contributed by atoms with Gasteiger partial charge in [0.25, 0.3) is 6.01 Å². The van der Waals surface area contributed by atoms with Gasteiger partial charge in [-0.25, -0.2) is 14.4 Å². The van der Waals surface area contributed by atoms with Crippen LogP contribution < -0.4 is 9.47 Å². The number of carboxylic acids is 1. The van der Waals surface area contributed by atoms with Gasteiger partial charge in [0.15, 0.2) is 0 Å². The number of benzene rings is 4. The van der Waals surface area contributed by atoms with E-state index < -0.39 is 23.7 Å². The Morgan fingerprint density at radius 2 is 1.66 bits per heavy atom. The molecule has 0 radical (unpaired) electrons. The fourth-order valence-corrected chi connectivity index (χ4v) is 5.26. The minimum Gasteiger partial charge on any atom is -0.478 e. The third-order valence-electron chi connectivity index (χ3n) is 7.53. The quantitative estimate of drug-likeness (QED) is 0.0757. The molecule has 2 aromatic heterocycles. The molecule has 256 valence electrons. The van der Waals surface area contributed by atoms with E-state index in [0.717, 1.165) is 21.5 Å². The Hall–Kier alpha value is -6.20. The fourth-order valence-electron chi connectivity index (χ4n) is 5.26. The Balaban J connectivity index is 1.18. The summed E-state index contributed by atoms with van der Waals surface area (Å²) in [6, 6.07) is 26.9. The molecule has 50 heavy (non-hydrogen) atoms. The van der Waals surface area contributed by atoms with Crippen LogP contribution in [0.1, 0.15) is 41.6 Å². The van der Waals surface area contributed by atoms with Crippen molar-refractivity contribution in [3.05, 3.63) is 108 Å². The number of imidazole rings is 1. The molecular formula is C34H31N7O9. The molecule has 1 atom stereocenters. The van der Waals surface area contributed by atoms with E-state index in [9.17, 15) is 14.7 Å². The highest BCUT2D eigenvalue weighted by Crippen LogP contribution is 2.32. The molecule has 0 amide bonds. The van der Waals surface area contributed by atoms with Crippen molar-refractivity contribution in [2.45, 2.75) is 33.2 Å². The SMILES string of the molecule is CCOc1nc2cccc(C(=O)O)c2n1Cc1ccc(-c2ccccc2-c2nnn(C(C)OC(=O)Oc3ccccc3CON(O)O)n2)cc1. The van der Waals surface area contributed by atoms with Crippen molar-refractivity contribution in [3.63, 3.8) is 0 Å². The van der Waals surface area contributed by atoms with E-state index in [1.807, 2.05) is 55.5 Å². The van der Waals surface area contributed by atoms with Gasteiger partial charge in [0, 0.05) is 11.1 Å². The first-order valence-corrected chi connectivity index (χ1v) is 15.3. The summed E-state index contributed by atoms with van der Waals surface area (Å²) in [6.45, 7) is 3.80. The summed E-state index contributed by atoms with van der Waals surface area (Å²) in [4.78, 5) is 34.8. The molecule has 0 spiro atoms. The minimum atomic E-state index is -1.05. The number of carbonyl (C=O) groups excluding carboxylic acids is 1. The van der Waals surface area contributed by atoms with Gasteiger partial charge in [-0.05, 0) is 54.0 Å². The number of carbonyl (C=O) groups is 2. The van der Waals surface area contributed by atoms with Gasteiger partial charge in [-0.3, -0.25) is 15.0 Å². The number of fused-ring (bicyclic) bond motifs is 1. The van der Waals surface area contributed by atoms with Gasteiger partial charge in [0.1, 0.15) is 12.4 Å². The molecule has 0 aliphatic carbocycles. The molecule has 16 heteroatoms. The summed E-state index contributed by atoms with van der Waals surface area (Å²) in [5, 5.41) is 39.7. The van der Waals surface area contributed by atoms with Gasteiger partial charge in [0.05, 0.1) is 35.1 Å². The van der Waals surface area contributed by atoms with Gasteiger partial charge in [-0.15, -0.1) is 15.0 Å². The molecule has 16 nitrogen and oxygen atoms in total. The number of aromatic carboxylic acids is 1. The van der Waals surface area contributed by atoms with Gasteiger partial charge >= 0.3 is 12.1 Å². The van der Waals surface area contributed by atoms with Crippen LogP contribution in [0.3, 0.4) is 0 Å². The number of hydrogen-bond donors (Lipinski definition) is 3. The molecule has 2 heterocycles. The smallest absolute Gasteiger partial charge is 0.478 e. The number of aromatic nitrogens is 6. The molecule has 1 unspecified atom stereocenters. The van der Waals surface area contributed by atoms with Crippen LogP contribution in [0.4, 0.5) is 4.79 Å². The molecule has 0 aliphatic rings. The van der Waals surface area contributed by atoms with Crippen molar-refractivity contribution in [2.24, 2.45) is 0 Å². The van der Waals surface area contributed by atoms with E-state index in [0.29, 0.717) is 47.1 Å². The molecule has 4 aromatic carbocycles. The van der Waals surface area contributed by atoms with Crippen LogP contribution in [0.2, 0.25) is 0 Å². The lowest BCUT2D eigenvalue weighted by molar-refractivity contribution is -0.497. The van der Waals surface area contributed by atoms with Crippen LogP contribution in [-0.4, -0.2) is 69.4 Å². The zero-order valence-electron chi connectivity index (χ0n) is 26.8. The van der Waals surface area contributed by atoms with Crippen LogP contribution >= 0.6 is 0 Å². The number of nitrogens with zero attached hydrogens (tertiary/aromatic N) is 7. The third-order valence-corrected chi connectivity index (χ3v) is 7.53. The molecule has 6 aromatic rings. The highest BCUT2D eigenvalue weighted by molar-refractivity contribution is 6.01. The minimum absolute atomic E-state index is 0.0943. The standard InChI is InChI=1S/C34H31N7O9/c1-3-47-33-35-28-13-8-12-27(32(42)43)30(28)39(33)19-22-15-17-23(18-16-22)25-10-5-6-11-26(25)31-36-38-40(37-31)21(2)49-34(44)50-29-14-7-4-9-24(29)20-48-41(45)46/h4-18,21,45-46H,3,19-20H2,1-2H3,(H,42,43). The Kier molecular flexibility index (Phi) is 10.1. The Morgan fingerprint density at radius 3 is 2.40 bits per heavy atom. The van der Waals surface area contributed by atoms with Crippen LogP contribution in [0.5, 0.6) is 11.8 Å². The van der Waals surface area contributed by atoms with Crippen molar-refractivity contribution < 1.29 is 44.2 Å². The number of tetrazole rings is 1. The topological polar surface area (TPSA) is 196 Å². The maximum Gasteiger partial charge on any atom is 0.515 e. The highest BCUT2D eigenvalue weighted by atomic mass is 17.1. The lowest BCUT2D eigenvalue weighted by Crippen LogP contribution is -2.20. The van der Waals surface area contributed by atoms with E-state index in [-0.39, 0.29) is 17.9 Å². The monoisotopic (exact) mass is 681 g/mol. The molecule has 0 saturated carbocycles. The zero-order valence-corrected chi connectivity index (χ0v) is 26.8. The van der Waals surface area contributed by atoms with Crippen molar-refractivity contribution in [1.82, 2.24) is 35.1 Å². The summed E-state index contributed by atoms with van der Waals surface area (Å²) in [6.07, 6.45) is -2.04. The second-order valence-corrected chi connectivity index (χ2v) is 10.8. The third kappa shape index (κ3) is 7.43. The average Bonchev–Trinajstić information content (AvgIpc) is 3.74. The highest BCUT2D eigenvalue weighted by Gasteiger charge is 2.21. The van der Waals surface area contributed by atoms with E-state index in [1.165, 1.54) is 6.07 Å². The fraction of sp³-hybridized carbons (Fsp3) is 0.176. The first-order valence-electron chi connectivity index (χ1n) is 15.3. The van der Waals surface area contributed by atoms with Crippen LogP contribution in [-0.2, 0) is 22.7 Å². The number of para-hydroxylation sites is 2. The van der Waals surface area contributed by atoms with Crippen LogP contribution in [0.15, 0.2) is 91.0 Å². The van der Waals surface area contributed by atoms with E-state index in [2.05, 4.69) is 25.2 Å². The van der Waals surface area contributed by atoms with E-state index >= 15 is 0 Å². The normalized spacial score (nSPS) is 11.9. The van der Waals surface area contributed by atoms with Gasteiger partial charge in [0.2, 0.25) is 12.1 Å². The molecule has 3 N–H and O–H groups in total. The Labute approximate surface area is 284 Å². The largest absolute Gasteiger partial charge is 0.515 e. The summed E-state index contributed by atoms with van der Waals surface area (Å²) in [5.74, 6) is -0.663. The maximum atomic E-state index is 12.6. The van der Waals surface area contributed by atoms with Crippen molar-refractivity contribution >= 4 is 23.2 Å². The molecule has 0 bridgehead atoms. The Morgan fingerprint density at radius 1 is 0.920 bits per heavy atom. The predicted octanol–water partition coefficient (Wildman–Crippen LogP) is 5.75.